The Morgan fingerprint density at radius 2 is 2.14 bits per heavy atom. The third-order valence-corrected chi connectivity index (χ3v) is 4.88. The molecule has 1 amide bonds. The third-order valence-electron chi connectivity index (χ3n) is 4.64. The first-order chi connectivity index (χ1) is 10.2. The van der Waals surface area contributed by atoms with Crippen molar-refractivity contribution in [2.45, 2.75) is 18.3 Å². The maximum Gasteiger partial charge on any atom is 0.225 e. The van der Waals surface area contributed by atoms with Crippen molar-refractivity contribution >= 4 is 17.5 Å². The Hall–Kier alpha value is -1.10. The van der Waals surface area contributed by atoms with Crippen molar-refractivity contribution in [3.05, 3.63) is 34.9 Å². The number of halogens is 1. The van der Waals surface area contributed by atoms with Crippen LogP contribution in [0.1, 0.15) is 18.4 Å². The van der Waals surface area contributed by atoms with Crippen molar-refractivity contribution in [3.8, 4) is 0 Å². The van der Waals surface area contributed by atoms with Crippen LogP contribution in [0.15, 0.2) is 24.3 Å². The van der Waals surface area contributed by atoms with E-state index in [2.05, 4.69) is 16.7 Å². The molecular weight excluding hydrogens is 288 g/mol. The lowest BCUT2D eigenvalue weighted by Gasteiger charge is -2.39. The number of benzene rings is 1. The first-order valence-corrected chi connectivity index (χ1v) is 7.90. The Kier molecular flexibility index (Phi) is 4.48. The summed E-state index contributed by atoms with van der Waals surface area (Å²) in [5.74, 6) is 0.280. The molecule has 1 aromatic rings. The van der Waals surface area contributed by atoms with Crippen LogP contribution >= 0.6 is 11.6 Å². The summed E-state index contributed by atoms with van der Waals surface area (Å²) in [5.41, 5.74) is 1.14. The Morgan fingerprint density at radius 3 is 2.76 bits per heavy atom. The Balaban J connectivity index is 1.74. The molecule has 5 heteroatoms. The van der Waals surface area contributed by atoms with Gasteiger partial charge in [0.25, 0.3) is 0 Å². The quantitative estimate of drug-likeness (QED) is 0.890. The van der Waals surface area contributed by atoms with Gasteiger partial charge in [-0.1, -0.05) is 23.7 Å². The molecule has 0 unspecified atom stereocenters. The number of hydrogen-bond donors (Lipinski definition) is 2. The summed E-state index contributed by atoms with van der Waals surface area (Å²) in [6.07, 6.45) is 1.83. The number of nitrogens with one attached hydrogen (secondary N) is 2. The lowest BCUT2D eigenvalue weighted by atomic mass is 9.74. The van der Waals surface area contributed by atoms with Crippen LogP contribution in [-0.4, -0.2) is 38.8 Å². The van der Waals surface area contributed by atoms with E-state index in [1.807, 2.05) is 18.2 Å². The lowest BCUT2D eigenvalue weighted by Crippen LogP contribution is -2.53. The van der Waals surface area contributed by atoms with Gasteiger partial charge in [-0.15, -0.1) is 0 Å². The van der Waals surface area contributed by atoms with Crippen LogP contribution in [0.25, 0.3) is 0 Å². The molecule has 2 fully saturated rings. The van der Waals surface area contributed by atoms with E-state index in [0.717, 1.165) is 44.2 Å². The smallest absolute Gasteiger partial charge is 0.225 e. The van der Waals surface area contributed by atoms with Crippen molar-refractivity contribution in [2.24, 2.45) is 5.92 Å². The van der Waals surface area contributed by atoms with Crippen LogP contribution in [0.4, 0.5) is 0 Å². The van der Waals surface area contributed by atoms with Crippen LogP contribution in [0.2, 0.25) is 5.02 Å². The highest BCUT2D eigenvalue weighted by atomic mass is 35.5. The van der Waals surface area contributed by atoms with Crippen LogP contribution in [0, 0.1) is 5.92 Å². The second-order valence-corrected chi connectivity index (χ2v) is 6.41. The fourth-order valence-corrected chi connectivity index (χ4v) is 3.21. The molecule has 0 aromatic heterocycles. The molecule has 3 rings (SSSR count). The zero-order valence-corrected chi connectivity index (χ0v) is 12.8. The Morgan fingerprint density at radius 1 is 1.38 bits per heavy atom. The first kappa shape index (κ1) is 14.8. The van der Waals surface area contributed by atoms with Crippen LogP contribution in [0.3, 0.4) is 0 Å². The van der Waals surface area contributed by atoms with Gasteiger partial charge in [0, 0.05) is 43.3 Å². The van der Waals surface area contributed by atoms with E-state index in [1.165, 1.54) is 5.56 Å². The lowest BCUT2D eigenvalue weighted by molar-refractivity contribution is -0.126. The molecule has 0 saturated carbocycles. The molecule has 4 nitrogen and oxygen atoms in total. The van der Waals surface area contributed by atoms with E-state index in [0.29, 0.717) is 6.54 Å². The van der Waals surface area contributed by atoms with Gasteiger partial charge in [0.2, 0.25) is 5.91 Å². The molecule has 2 aliphatic heterocycles. The predicted octanol–water partition coefficient (Wildman–Crippen LogP) is 1.72. The fourth-order valence-electron chi connectivity index (χ4n) is 3.02. The van der Waals surface area contributed by atoms with Gasteiger partial charge in [-0.05, 0) is 30.5 Å². The molecule has 0 aliphatic carbocycles. The number of rotatable bonds is 4. The van der Waals surface area contributed by atoms with Crippen LogP contribution in [0.5, 0.6) is 0 Å². The van der Waals surface area contributed by atoms with E-state index in [9.17, 15) is 4.79 Å². The van der Waals surface area contributed by atoms with E-state index < -0.39 is 0 Å². The summed E-state index contributed by atoms with van der Waals surface area (Å²) < 4.78 is 5.51. The Labute approximate surface area is 130 Å². The molecule has 114 valence electrons. The SMILES string of the molecule is O=C(NCC1(c2cccc(Cl)c2)CCOCC1)C1CNC1. The standard InChI is InChI=1S/C16H21ClN2O2/c17-14-3-1-2-13(8-14)16(4-6-21-7-5-16)11-19-15(20)12-9-18-10-12/h1-3,8,12,18H,4-7,9-11H2,(H,19,20). The summed E-state index contributed by atoms with van der Waals surface area (Å²) in [5, 5.41) is 7.01. The van der Waals surface area contributed by atoms with Crippen molar-refractivity contribution in [3.63, 3.8) is 0 Å². The normalized spacial score (nSPS) is 21.6. The summed E-state index contributed by atoms with van der Waals surface area (Å²) in [7, 11) is 0. The molecule has 0 atom stereocenters. The number of hydrogen-bond acceptors (Lipinski definition) is 3. The predicted molar refractivity (Wildman–Crippen MR) is 82.6 cm³/mol. The van der Waals surface area contributed by atoms with Gasteiger partial charge >= 0.3 is 0 Å². The van der Waals surface area contributed by atoms with Crippen molar-refractivity contribution in [1.82, 2.24) is 10.6 Å². The molecule has 0 radical (unpaired) electrons. The molecule has 0 bridgehead atoms. The van der Waals surface area contributed by atoms with Crippen molar-refractivity contribution in [1.29, 1.82) is 0 Å². The molecule has 1 aromatic carbocycles. The van der Waals surface area contributed by atoms with E-state index in [4.69, 9.17) is 16.3 Å². The molecular formula is C16H21ClN2O2. The zero-order chi connectivity index (χ0) is 14.7. The largest absolute Gasteiger partial charge is 0.381 e. The molecule has 21 heavy (non-hydrogen) atoms. The molecule has 2 saturated heterocycles. The second-order valence-electron chi connectivity index (χ2n) is 5.98. The molecule has 2 N–H and O–H groups in total. The zero-order valence-electron chi connectivity index (χ0n) is 12.0. The highest BCUT2D eigenvalue weighted by molar-refractivity contribution is 6.30. The van der Waals surface area contributed by atoms with Gasteiger partial charge in [-0.2, -0.15) is 0 Å². The van der Waals surface area contributed by atoms with Gasteiger partial charge in [-0.25, -0.2) is 0 Å². The van der Waals surface area contributed by atoms with Gasteiger partial charge < -0.3 is 15.4 Å². The summed E-state index contributed by atoms with van der Waals surface area (Å²) in [6, 6.07) is 7.99. The van der Waals surface area contributed by atoms with Gasteiger partial charge in [0.15, 0.2) is 0 Å². The van der Waals surface area contributed by atoms with E-state index >= 15 is 0 Å². The number of carbonyl (C=O) groups excluding carboxylic acids is 1. The topological polar surface area (TPSA) is 50.4 Å². The van der Waals surface area contributed by atoms with Crippen molar-refractivity contribution in [2.75, 3.05) is 32.8 Å². The Bertz CT molecular complexity index is 511. The average molecular weight is 309 g/mol. The molecule has 2 heterocycles. The minimum absolute atomic E-state index is 0.0595. The summed E-state index contributed by atoms with van der Waals surface area (Å²) in [6.45, 7) is 3.70. The summed E-state index contributed by atoms with van der Waals surface area (Å²) in [4.78, 5) is 12.1. The van der Waals surface area contributed by atoms with E-state index in [1.54, 1.807) is 0 Å². The van der Waals surface area contributed by atoms with Crippen molar-refractivity contribution < 1.29 is 9.53 Å². The number of ether oxygens (including phenoxy) is 1. The maximum atomic E-state index is 12.1. The highest BCUT2D eigenvalue weighted by Gasteiger charge is 2.36. The summed E-state index contributed by atoms with van der Waals surface area (Å²) >= 11 is 6.14. The fraction of sp³-hybridized carbons (Fsp3) is 0.562. The molecule has 0 spiro atoms. The third kappa shape index (κ3) is 3.23. The van der Waals surface area contributed by atoms with Gasteiger partial charge in [-0.3, -0.25) is 4.79 Å². The highest BCUT2D eigenvalue weighted by Crippen LogP contribution is 2.35. The second kappa shape index (κ2) is 6.34. The molecule has 2 aliphatic rings. The van der Waals surface area contributed by atoms with E-state index in [-0.39, 0.29) is 17.2 Å². The van der Waals surface area contributed by atoms with Crippen LogP contribution < -0.4 is 10.6 Å². The maximum absolute atomic E-state index is 12.1. The van der Waals surface area contributed by atoms with Gasteiger partial charge in [0.1, 0.15) is 0 Å². The monoisotopic (exact) mass is 308 g/mol. The first-order valence-electron chi connectivity index (χ1n) is 7.52. The van der Waals surface area contributed by atoms with Gasteiger partial charge in [0.05, 0.1) is 5.92 Å². The number of amides is 1. The number of carbonyl (C=O) groups is 1. The minimum Gasteiger partial charge on any atom is -0.381 e. The average Bonchev–Trinajstić information content (AvgIpc) is 2.44. The minimum atomic E-state index is -0.0595. The van der Waals surface area contributed by atoms with Crippen LogP contribution in [-0.2, 0) is 14.9 Å².